The summed E-state index contributed by atoms with van der Waals surface area (Å²) >= 11 is 0. The predicted octanol–water partition coefficient (Wildman–Crippen LogP) is 3.39. The molecule has 8 nitrogen and oxygen atoms in total. The van der Waals surface area contributed by atoms with Crippen LogP contribution in [-0.2, 0) is 34.3 Å². The molecule has 34 heavy (non-hydrogen) atoms. The van der Waals surface area contributed by atoms with E-state index in [0.717, 1.165) is 28.1 Å². The van der Waals surface area contributed by atoms with Crippen LogP contribution in [0.4, 0.5) is 5.69 Å². The fourth-order valence-corrected chi connectivity index (χ4v) is 3.58. The lowest BCUT2D eigenvalue weighted by Crippen LogP contribution is -2.26. The highest BCUT2D eigenvalue weighted by Crippen LogP contribution is 2.16. The fraction of sp³-hybridized carbons (Fsp3) is 0.308. The third kappa shape index (κ3) is 6.54. The van der Waals surface area contributed by atoms with E-state index >= 15 is 0 Å². The molecule has 0 aliphatic rings. The predicted molar refractivity (Wildman–Crippen MR) is 129 cm³/mol. The molecule has 2 aromatic carbocycles. The lowest BCUT2D eigenvalue weighted by atomic mass is 10.1. The van der Waals surface area contributed by atoms with Gasteiger partial charge in [-0.1, -0.05) is 42.0 Å². The van der Waals surface area contributed by atoms with Crippen LogP contribution in [0.5, 0.6) is 0 Å². The van der Waals surface area contributed by atoms with Gasteiger partial charge in [0, 0.05) is 25.7 Å². The minimum atomic E-state index is -0.513. The number of nitrogens with zero attached hydrogens (tertiary/aromatic N) is 2. The van der Waals surface area contributed by atoms with Gasteiger partial charge < -0.3 is 15.4 Å². The van der Waals surface area contributed by atoms with Crippen LogP contribution < -0.4 is 10.6 Å². The molecule has 1 aromatic heterocycles. The monoisotopic (exact) mass is 462 g/mol. The maximum atomic E-state index is 12.7. The SMILES string of the molecule is Cc1ccc(CNC(=O)c2ccccc2NC(=O)COC(=O)CCc2c(C)nn(C)c2C)cc1. The molecule has 0 fully saturated rings. The Bertz CT molecular complexity index is 1180. The summed E-state index contributed by atoms with van der Waals surface area (Å²) in [5.41, 5.74) is 5.69. The van der Waals surface area contributed by atoms with Crippen LogP contribution in [0.25, 0.3) is 0 Å². The van der Waals surface area contributed by atoms with Crippen LogP contribution in [0.15, 0.2) is 48.5 Å². The Morgan fingerprint density at radius 2 is 1.71 bits per heavy atom. The van der Waals surface area contributed by atoms with Crippen molar-refractivity contribution >= 4 is 23.5 Å². The number of anilines is 1. The van der Waals surface area contributed by atoms with E-state index in [4.69, 9.17) is 4.74 Å². The highest BCUT2D eigenvalue weighted by molar-refractivity contribution is 6.04. The molecule has 0 bridgehead atoms. The molecule has 2 amide bonds. The highest BCUT2D eigenvalue weighted by Gasteiger charge is 2.16. The Morgan fingerprint density at radius 3 is 2.38 bits per heavy atom. The minimum Gasteiger partial charge on any atom is -0.456 e. The number of hydrogen-bond acceptors (Lipinski definition) is 5. The maximum absolute atomic E-state index is 12.7. The summed E-state index contributed by atoms with van der Waals surface area (Å²) in [4.78, 5) is 37.2. The fourth-order valence-electron chi connectivity index (χ4n) is 3.58. The quantitative estimate of drug-likeness (QED) is 0.475. The van der Waals surface area contributed by atoms with Crippen molar-refractivity contribution in [1.29, 1.82) is 0 Å². The minimum absolute atomic E-state index is 0.151. The van der Waals surface area contributed by atoms with Gasteiger partial charge in [0.1, 0.15) is 0 Å². The number of carbonyl (C=O) groups is 3. The van der Waals surface area contributed by atoms with E-state index in [-0.39, 0.29) is 12.3 Å². The smallest absolute Gasteiger partial charge is 0.306 e. The Balaban J connectivity index is 1.50. The molecule has 0 unspecified atom stereocenters. The zero-order chi connectivity index (χ0) is 24.7. The van der Waals surface area contributed by atoms with Gasteiger partial charge in [0.2, 0.25) is 0 Å². The van der Waals surface area contributed by atoms with Crippen LogP contribution in [0.2, 0.25) is 0 Å². The number of aromatic nitrogens is 2. The molecule has 178 valence electrons. The topological polar surface area (TPSA) is 102 Å². The van der Waals surface area contributed by atoms with Gasteiger partial charge in [-0.3, -0.25) is 19.1 Å². The number of esters is 1. The standard InChI is InChI=1S/C26H30N4O4/c1-17-9-11-20(12-10-17)15-27-26(33)22-7-5-6-8-23(22)28-24(31)16-34-25(32)14-13-21-18(2)29-30(4)19(21)3/h5-12H,13-16H2,1-4H3,(H,27,33)(H,28,31). The van der Waals surface area contributed by atoms with Gasteiger partial charge in [-0.05, 0) is 50.5 Å². The molecule has 1 heterocycles. The summed E-state index contributed by atoms with van der Waals surface area (Å²) in [7, 11) is 1.86. The first-order valence-electron chi connectivity index (χ1n) is 11.1. The van der Waals surface area contributed by atoms with Crippen molar-refractivity contribution < 1.29 is 19.1 Å². The van der Waals surface area contributed by atoms with E-state index in [9.17, 15) is 14.4 Å². The van der Waals surface area contributed by atoms with Crippen molar-refractivity contribution in [2.24, 2.45) is 7.05 Å². The lowest BCUT2D eigenvalue weighted by Gasteiger charge is -2.12. The van der Waals surface area contributed by atoms with Gasteiger partial charge in [0.25, 0.3) is 11.8 Å². The Morgan fingerprint density at radius 1 is 1.00 bits per heavy atom. The van der Waals surface area contributed by atoms with Crippen LogP contribution in [0, 0.1) is 20.8 Å². The van der Waals surface area contributed by atoms with Gasteiger partial charge in [-0.2, -0.15) is 5.10 Å². The zero-order valence-electron chi connectivity index (χ0n) is 20.0. The number of nitrogens with one attached hydrogen (secondary N) is 2. The number of ether oxygens (including phenoxy) is 1. The lowest BCUT2D eigenvalue weighted by molar-refractivity contribution is -0.147. The molecule has 8 heteroatoms. The molecule has 0 spiro atoms. The molecule has 0 saturated carbocycles. The molecule has 0 aliphatic heterocycles. The van der Waals surface area contributed by atoms with Gasteiger partial charge in [-0.15, -0.1) is 0 Å². The van der Waals surface area contributed by atoms with Crippen molar-refractivity contribution in [3.63, 3.8) is 0 Å². The number of carbonyl (C=O) groups excluding carboxylic acids is 3. The second-order valence-electron chi connectivity index (χ2n) is 8.20. The second kappa shape index (κ2) is 11.3. The first kappa shape index (κ1) is 24.7. The van der Waals surface area contributed by atoms with Crippen LogP contribution in [-0.4, -0.2) is 34.2 Å². The molecule has 0 radical (unpaired) electrons. The number of aryl methyl sites for hydroxylation is 3. The molecular formula is C26H30N4O4. The molecule has 0 saturated heterocycles. The van der Waals surface area contributed by atoms with Crippen molar-refractivity contribution in [3.05, 3.63) is 82.2 Å². The first-order valence-corrected chi connectivity index (χ1v) is 11.1. The van der Waals surface area contributed by atoms with E-state index in [1.807, 2.05) is 52.1 Å². The largest absolute Gasteiger partial charge is 0.456 e. The maximum Gasteiger partial charge on any atom is 0.306 e. The van der Waals surface area contributed by atoms with E-state index in [1.165, 1.54) is 0 Å². The summed E-state index contributed by atoms with van der Waals surface area (Å²) in [5.74, 6) is -1.29. The summed E-state index contributed by atoms with van der Waals surface area (Å²) in [6.07, 6.45) is 0.647. The molecule has 0 aliphatic carbocycles. The Kier molecular flexibility index (Phi) is 8.19. The summed E-state index contributed by atoms with van der Waals surface area (Å²) in [6, 6.07) is 14.6. The second-order valence-corrected chi connectivity index (χ2v) is 8.20. The van der Waals surface area contributed by atoms with E-state index in [1.54, 1.807) is 28.9 Å². The average molecular weight is 463 g/mol. The van der Waals surface area contributed by atoms with Gasteiger partial charge in [0.15, 0.2) is 6.61 Å². The average Bonchev–Trinajstić information content (AvgIpc) is 3.06. The summed E-state index contributed by atoms with van der Waals surface area (Å²) in [6.45, 7) is 5.79. The summed E-state index contributed by atoms with van der Waals surface area (Å²) < 4.78 is 6.90. The van der Waals surface area contributed by atoms with Crippen molar-refractivity contribution in [2.75, 3.05) is 11.9 Å². The zero-order valence-corrected chi connectivity index (χ0v) is 20.0. The van der Waals surface area contributed by atoms with E-state index in [0.29, 0.717) is 24.2 Å². The van der Waals surface area contributed by atoms with E-state index in [2.05, 4.69) is 15.7 Å². The van der Waals surface area contributed by atoms with E-state index < -0.39 is 18.5 Å². The molecule has 3 aromatic rings. The number of amides is 2. The third-order valence-electron chi connectivity index (χ3n) is 5.62. The number of rotatable bonds is 9. The molecular weight excluding hydrogens is 432 g/mol. The van der Waals surface area contributed by atoms with Crippen LogP contribution in [0.1, 0.15) is 44.9 Å². The molecule has 3 rings (SSSR count). The third-order valence-corrected chi connectivity index (χ3v) is 5.62. The Labute approximate surface area is 199 Å². The van der Waals surface area contributed by atoms with Gasteiger partial charge in [-0.25, -0.2) is 0 Å². The van der Waals surface area contributed by atoms with Crippen LogP contribution >= 0.6 is 0 Å². The number of hydrogen-bond donors (Lipinski definition) is 2. The highest BCUT2D eigenvalue weighted by atomic mass is 16.5. The number of para-hydroxylation sites is 1. The Hall–Kier alpha value is -3.94. The number of benzene rings is 2. The molecule has 0 atom stereocenters. The van der Waals surface area contributed by atoms with Crippen molar-refractivity contribution in [3.8, 4) is 0 Å². The van der Waals surface area contributed by atoms with Gasteiger partial charge >= 0.3 is 5.97 Å². The van der Waals surface area contributed by atoms with Crippen molar-refractivity contribution in [2.45, 2.75) is 40.2 Å². The van der Waals surface area contributed by atoms with Gasteiger partial charge in [0.05, 0.1) is 16.9 Å². The summed E-state index contributed by atoms with van der Waals surface area (Å²) in [5, 5.41) is 9.85. The van der Waals surface area contributed by atoms with Crippen molar-refractivity contribution in [1.82, 2.24) is 15.1 Å². The first-order chi connectivity index (χ1) is 16.2. The normalized spacial score (nSPS) is 10.6. The molecule has 2 N–H and O–H groups in total. The van der Waals surface area contributed by atoms with Crippen LogP contribution in [0.3, 0.4) is 0 Å².